The highest BCUT2D eigenvalue weighted by Crippen LogP contribution is 2.48. The van der Waals surface area contributed by atoms with E-state index in [4.69, 9.17) is 0 Å². The topological polar surface area (TPSA) is 6.48 Å². The zero-order chi connectivity index (χ0) is 25.4. The van der Waals surface area contributed by atoms with Gasteiger partial charge in [-0.2, -0.15) is 0 Å². The molecule has 0 saturated carbocycles. The molecule has 0 saturated heterocycles. The highest BCUT2D eigenvalue weighted by atomic mass is 79.9. The number of hydrogen-bond acceptors (Lipinski definition) is 2. The summed E-state index contributed by atoms with van der Waals surface area (Å²) in [6.45, 7) is 15.7. The van der Waals surface area contributed by atoms with Crippen molar-refractivity contribution in [3.63, 3.8) is 0 Å². The molecule has 0 spiro atoms. The highest BCUT2D eigenvalue weighted by Gasteiger charge is 2.42. The second kappa shape index (κ2) is 10.1. The minimum Gasteiger partial charge on any atom is -0.364 e. The first-order valence-electron chi connectivity index (χ1n) is 12.5. The molecule has 0 amide bonds. The standard InChI is InChI=1S/C31H36Br2N2/c1-7-34-26-18-16-22(32)20-24(26)30(3,4)28(34)14-12-10-9-11-13-15-29-31(5,6)25-21-23(33)17-19-27(25)35(29)8-2/h9-21,28H,7-8H2,1-6H3/b10-9+,13-11+,14-12+,29-15+. The normalized spacial score (nSPS) is 21.7. The molecule has 184 valence electrons. The SMILES string of the molecule is CCN1/C(=C/C=C/C=C/C=C/C2N(CC)c3ccc(Br)cc3C2(C)C)C(C)(C)c2cc(Br)ccc21. The number of halogens is 2. The first-order chi connectivity index (χ1) is 16.6. The third-order valence-corrected chi connectivity index (χ3v) is 8.53. The third kappa shape index (κ3) is 4.72. The Bertz CT molecular complexity index is 1220. The predicted octanol–water partition coefficient (Wildman–Crippen LogP) is 9.07. The molecular weight excluding hydrogens is 560 g/mol. The van der Waals surface area contributed by atoms with E-state index < -0.39 is 0 Å². The summed E-state index contributed by atoms with van der Waals surface area (Å²) in [5, 5.41) is 0. The Morgan fingerprint density at radius 3 is 2.03 bits per heavy atom. The van der Waals surface area contributed by atoms with Crippen molar-refractivity contribution in [2.75, 3.05) is 22.9 Å². The van der Waals surface area contributed by atoms with E-state index in [0.717, 1.165) is 22.0 Å². The summed E-state index contributed by atoms with van der Waals surface area (Å²) in [6, 6.07) is 13.6. The van der Waals surface area contributed by atoms with Crippen LogP contribution >= 0.6 is 31.9 Å². The molecule has 0 fully saturated rings. The molecule has 0 aromatic heterocycles. The van der Waals surface area contributed by atoms with Crippen LogP contribution in [0, 0.1) is 0 Å². The summed E-state index contributed by atoms with van der Waals surface area (Å²) in [4.78, 5) is 4.93. The molecule has 1 unspecified atom stereocenters. The van der Waals surface area contributed by atoms with E-state index >= 15 is 0 Å². The van der Waals surface area contributed by atoms with Crippen LogP contribution in [-0.4, -0.2) is 19.1 Å². The van der Waals surface area contributed by atoms with E-state index in [-0.39, 0.29) is 10.8 Å². The highest BCUT2D eigenvalue weighted by molar-refractivity contribution is 9.10. The van der Waals surface area contributed by atoms with Crippen molar-refractivity contribution in [3.8, 4) is 0 Å². The number of allylic oxidation sites excluding steroid dienone is 7. The number of likely N-dealkylation sites (N-methyl/N-ethyl adjacent to an activating group) is 2. The fourth-order valence-corrected chi connectivity index (χ4v) is 6.40. The summed E-state index contributed by atoms with van der Waals surface area (Å²) in [5.74, 6) is 0. The average Bonchev–Trinajstić information content (AvgIpc) is 3.16. The van der Waals surface area contributed by atoms with Crippen molar-refractivity contribution in [3.05, 3.63) is 105 Å². The third-order valence-electron chi connectivity index (χ3n) is 7.54. The Morgan fingerprint density at radius 2 is 1.37 bits per heavy atom. The molecule has 2 aliphatic heterocycles. The number of benzene rings is 2. The molecular formula is C31H36Br2N2. The zero-order valence-corrected chi connectivity index (χ0v) is 24.8. The first-order valence-corrected chi connectivity index (χ1v) is 14.1. The largest absolute Gasteiger partial charge is 0.364 e. The van der Waals surface area contributed by atoms with Crippen LogP contribution in [0.3, 0.4) is 0 Å². The van der Waals surface area contributed by atoms with Gasteiger partial charge in [-0.3, -0.25) is 0 Å². The van der Waals surface area contributed by atoms with Crippen LogP contribution in [0.4, 0.5) is 11.4 Å². The number of nitrogens with zero attached hydrogens (tertiary/aromatic N) is 2. The summed E-state index contributed by atoms with van der Waals surface area (Å²) >= 11 is 7.30. The zero-order valence-electron chi connectivity index (χ0n) is 21.6. The van der Waals surface area contributed by atoms with Gasteiger partial charge in [0.15, 0.2) is 0 Å². The Labute approximate surface area is 228 Å². The van der Waals surface area contributed by atoms with E-state index in [1.165, 1.54) is 28.2 Å². The van der Waals surface area contributed by atoms with Gasteiger partial charge in [-0.1, -0.05) is 96.0 Å². The quantitative estimate of drug-likeness (QED) is 0.307. The van der Waals surface area contributed by atoms with Gasteiger partial charge in [0.05, 0.1) is 6.04 Å². The Balaban J connectivity index is 1.48. The number of anilines is 2. The lowest BCUT2D eigenvalue weighted by atomic mass is 9.80. The van der Waals surface area contributed by atoms with Crippen LogP contribution in [-0.2, 0) is 10.8 Å². The van der Waals surface area contributed by atoms with Crippen molar-refractivity contribution < 1.29 is 0 Å². The lowest BCUT2D eigenvalue weighted by Gasteiger charge is -2.31. The maximum absolute atomic E-state index is 3.65. The molecule has 2 aromatic carbocycles. The predicted molar refractivity (Wildman–Crippen MR) is 160 cm³/mol. The van der Waals surface area contributed by atoms with E-state index in [2.05, 4.69) is 162 Å². The Morgan fingerprint density at radius 1 is 0.771 bits per heavy atom. The number of rotatable bonds is 6. The van der Waals surface area contributed by atoms with Crippen molar-refractivity contribution >= 4 is 43.2 Å². The lowest BCUT2D eigenvalue weighted by molar-refractivity contribution is 0.478. The summed E-state index contributed by atoms with van der Waals surface area (Å²) < 4.78 is 2.28. The minimum absolute atomic E-state index is 0.0231. The van der Waals surface area contributed by atoms with E-state index in [0.29, 0.717) is 6.04 Å². The molecule has 2 nitrogen and oxygen atoms in total. The molecule has 0 N–H and O–H groups in total. The molecule has 4 heteroatoms. The summed E-state index contributed by atoms with van der Waals surface area (Å²) in [5.41, 5.74) is 6.81. The van der Waals surface area contributed by atoms with Gasteiger partial charge < -0.3 is 9.80 Å². The lowest BCUT2D eigenvalue weighted by Crippen LogP contribution is -2.39. The molecule has 2 aromatic rings. The molecule has 0 radical (unpaired) electrons. The van der Waals surface area contributed by atoms with Crippen LogP contribution in [0.1, 0.15) is 52.7 Å². The van der Waals surface area contributed by atoms with Gasteiger partial charge >= 0.3 is 0 Å². The molecule has 35 heavy (non-hydrogen) atoms. The molecule has 0 aliphatic carbocycles. The van der Waals surface area contributed by atoms with Crippen LogP contribution in [0.5, 0.6) is 0 Å². The van der Waals surface area contributed by atoms with Crippen LogP contribution in [0.2, 0.25) is 0 Å². The van der Waals surface area contributed by atoms with Gasteiger partial charge in [0.2, 0.25) is 0 Å². The van der Waals surface area contributed by atoms with Gasteiger partial charge in [-0.15, -0.1) is 0 Å². The van der Waals surface area contributed by atoms with Crippen molar-refractivity contribution in [2.24, 2.45) is 0 Å². The molecule has 1 atom stereocenters. The van der Waals surface area contributed by atoms with E-state index in [1.54, 1.807) is 0 Å². The van der Waals surface area contributed by atoms with Crippen molar-refractivity contribution in [1.82, 2.24) is 0 Å². The van der Waals surface area contributed by atoms with Gasteiger partial charge in [0.1, 0.15) is 0 Å². The second-order valence-corrected chi connectivity index (χ2v) is 12.2. The maximum Gasteiger partial charge on any atom is 0.0568 e. The first kappa shape index (κ1) is 26.0. The van der Waals surface area contributed by atoms with Crippen LogP contribution < -0.4 is 9.80 Å². The minimum atomic E-state index is -0.0231. The maximum atomic E-state index is 3.65. The molecule has 4 rings (SSSR count). The smallest absolute Gasteiger partial charge is 0.0568 e. The van der Waals surface area contributed by atoms with Gasteiger partial charge in [0, 0.05) is 49.9 Å². The van der Waals surface area contributed by atoms with Gasteiger partial charge in [-0.25, -0.2) is 0 Å². The van der Waals surface area contributed by atoms with Crippen LogP contribution in [0.25, 0.3) is 0 Å². The van der Waals surface area contributed by atoms with Crippen LogP contribution in [0.15, 0.2) is 93.6 Å². The van der Waals surface area contributed by atoms with Gasteiger partial charge in [0.25, 0.3) is 0 Å². The summed E-state index contributed by atoms with van der Waals surface area (Å²) in [6.07, 6.45) is 15.4. The Kier molecular flexibility index (Phi) is 7.54. The fourth-order valence-electron chi connectivity index (χ4n) is 5.68. The van der Waals surface area contributed by atoms with E-state index in [9.17, 15) is 0 Å². The average molecular weight is 596 g/mol. The van der Waals surface area contributed by atoms with E-state index in [1.807, 2.05) is 0 Å². The molecule has 2 aliphatic rings. The Hall–Kier alpha value is -2.04. The van der Waals surface area contributed by atoms with Crippen molar-refractivity contribution in [1.29, 1.82) is 0 Å². The molecule has 0 bridgehead atoms. The number of hydrogen-bond donors (Lipinski definition) is 0. The van der Waals surface area contributed by atoms with Gasteiger partial charge in [-0.05, 0) is 67.4 Å². The summed E-state index contributed by atoms with van der Waals surface area (Å²) in [7, 11) is 0. The second-order valence-electron chi connectivity index (χ2n) is 10.4. The molecule has 2 heterocycles. The fraction of sp³-hybridized carbons (Fsp3) is 0.355. The number of fused-ring (bicyclic) bond motifs is 2. The van der Waals surface area contributed by atoms with Crippen molar-refractivity contribution in [2.45, 2.75) is 58.4 Å². The monoisotopic (exact) mass is 594 g/mol.